The van der Waals surface area contributed by atoms with Crippen LogP contribution in [0.2, 0.25) is 0 Å². The molecule has 0 aliphatic carbocycles. The molecule has 0 spiro atoms. The van der Waals surface area contributed by atoms with Crippen LogP contribution in [0.15, 0.2) is 78.9 Å². The number of piperazine rings is 1. The van der Waals surface area contributed by atoms with Gasteiger partial charge in [-0.3, -0.25) is 4.90 Å². The maximum Gasteiger partial charge on any atom is 0.138 e. The number of aliphatic hydroxyl groups excluding tert-OH is 1. The summed E-state index contributed by atoms with van der Waals surface area (Å²) in [5.74, 6) is 1.08. The van der Waals surface area contributed by atoms with Crippen molar-refractivity contribution in [2.45, 2.75) is 6.10 Å². The van der Waals surface area contributed by atoms with Crippen molar-refractivity contribution in [1.82, 2.24) is 4.90 Å². The Morgan fingerprint density at radius 2 is 1.40 bits per heavy atom. The van der Waals surface area contributed by atoms with Gasteiger partial charge in [0.25, 0.3) is 0 Å². The van der Waals surface area contributed by atoms with E-state index >= 15 is 0 Å². The van der Waals surface area contributed by atoms with Gasteiger partial charge >= 0.3 is 0 Å². The van der Waals surface area contributed by atoms with Crippen LogP contribution < -0.4 is 9.64 Å². The van der Waals surface area contributed by atoms with Crippen LogP contribution in [-0.2, 0) is 0 Å². The van der Waals surface area contributed by atoms with Crippen molar-refractivity contribution in [2.24, 2.45) is 0 Å². The summed E-state index contributed by atoms with van der Waals surface area (Å²) in [4.78, 5) is 4.42. The maximum atomic E-state index is 10.4. The van der Waals surface area contributed by atoms with Crippen LogP contribution in [0, 0.1) is 0 Å². The number of benzene rings is 3. The van der Waals surface area contributed by atoms with E-state index in [0.717, 1.165) is 43.2 Å². The molecule has 1 aliphatic rings. The van der Waals surface area contributed by atoms with Gasteiger partial charge in [0, 0.05) is 32.7 Å². The summed E-state index contributed by atoms with van der Waals surface area (Å²) in [6.45, 7) is 4.19. The molecular weight excluding hydrogens is 376 g/mol. The average molecular weight is 405 g/mol. The Hall–Kier alpha value is -3.02. The van der Waals surface area contributed by atoms with Crippen molar-refractivity contribution < 1.29 is 14.9 Å². The number of phenols is 1. The van der Waals surface area contributed by atoms with E-state index in [-0.39, 0.29) is 6.61 Å². The van der Waals surface area contributed by atoms with Crippen LogP contribution >= 0.6 is 0 Å². The highest BCUT2D eigenvalue weighted by atomic mass is 16.5. The first-order valence-electron chi connectivity index (χ1n) is 10.4. The summed E-state index contributed by atoms with van der Waals surface area (Å²) in [7, 11) is 0. The predicted octanol–water partition coefficient (Wildman–Crippen LogP) is 3.62. The summed E-state index contributed by atoms with van der Waals surface area (Å²) < 4.78 is 5.79. The summed E-state index contributed by atoms with van der Waals surface area (Å²) in [5.41, 5.74) is 3.19. The van der Waals surface area contributed by atoms with Gasteiger partial charge in [-0.05, 0) is 35.4 Å². The Balaban J connectivity index is 1.22. The van der Waals surface area contributed by atoms with E-state index in [1.807, 2.05) is 60.7 Å². The van der Waals surface area contributed by atoms with E-state index < -0.39 is 6.10 Å². The van der Waals surface area contributed by atoms with E-state index in [1.54, 1.807) is 6.07 Å². The van der Waals surface area contributed by atoms with Crippen molar-refractivity contribution >= 4 is 5.69 Å². The van der Waals surface area contributed by atoms with Crippen molar-refractivity contribution in [3.05, 3.63) is 78.9 Å². The Labute approximate surface area is 177 Å². The van der Waals surface area contributed by atoms with Gasteiger partial charge < -0.3 is 19.8 Å². The molecule has 1 heterocycles. The number of nitrogens with zero attached hydrogens (tertiary/aromatic N) is 2. The summed E-state index contributed by atoms with van der Waals surface area (Å²) in [5, 5.41) is 20.4. The van der Waals surface area contributed by atoms with Gasteiger partial charge in [0.15, 0.2) is 0 Å². The summed E-state index contributed by atoms with van der Waals surface area (Å²) in [6, 6.07) is 25.6. The number of rotatable bonds is 7. The molecule has 0 amide bonds. The Bertz CT molecular complexity index is 923. The highest BCUT2D eigenvalue weighted by Gasteiger charge is 2.21. The molecule has 3 aromatic rings. The lowest BCUT2D eigenvalue weighted by atomic mass is 10.1. The second kappa shape index (κ2) is 9.65. The molecule has 5 nitrogen and oxygen atoms in total. The number of phenolic OH excluding ortho intramolecular Hbond substituents is 1. The van der Waals surface area contributed by atoms with Crippen LogP contribution in [0.4, 0.5) is 5.69 Å². The Morgan fingerprint density at radius 3 is 2.10 bits per heavy atom. The molecule has 0 radical (unpaired) electrons. The molecule has 1 atom stereocenters. The Morgan fingerprint density at radius 1 is 0.767 bits per heavy atom. The minimum absolute atomic E-state index is 0.268. The zero-order valence-corrected chi connectivity index (χ0v) is 17.0. The molecule has 1 saturated heterocycles. The van der Waals surface area contributed by atoms with Crippen LogP contribution in [0.25, 0.3) is 11.1 Å². The highest BCUT2D eigenvalue weighted by molar-refractivity contribution is 5.63. The van der Waals surface area contributed by atoms with E-state index in [4.69, 9.17) is 4.74 Å². The first-order chi connectivity index (χ1) is 14.7. The number of anilines is 1. The third-order valence-electron chi connectivity index (χ3n) is 5.47. The van der Waals surface area contributed by atoms with Gasteiger partial charge in [-0.25, -0.2) is 0 Å². The third-order valence-corrected chi connectivity index (χ3v) is 5.47. The van der Waals surface area contributed by atoms with E-state index in [1.165, 1.54) is 5.56 Å². The quantitative estimate of drug-likeness (QED) is 0.630. The molecule has 2 N–H and O–H groups in total. The van der Waals surface area contributed by atoms with Crippen LogP contribution in [0.5, 0.6) is 11.5 Å². The molecule has 30 heavy (non-hydrogen) atoms. The zero-order valence-electron chi connectivity index (χ0n) is 17.0. The number of para-hydroxylation sites is 2. The van der Waals surface area contributed by atoms with E-state index in [0.29, 0.717) is 12.3 Å². The SMILES string of the molecule is Oc1ccccc1N1CCN(C[C@@H](O)COc2ccc(-c3ccccc3)cc2)CC1. The van der Waals surface area contributed by atoms with Crippen molar-refractivity contribution in [3.63, 3.8) is 0 Å². The minimum atomic E-state index is -0.546. The fourth-order valence-electron chi connectivity index (χ4n) is 3.82. The third kappa shape index (κ3) is 5.12. The van der Waals surface area contributed by atoms with E-state index in [9.17, 15) is 10.2 Å². The molecule has 0 unspecified atom stereocenters. The lowest BCUT2D eigenvalue weighted by Crippen LogP contribution is -2.49. The first kappa shape index (κ1) is 20.3. The molecule has 5 heteroatoms. The fraction of sp³-hybridized carbons (Fsp3) is 0.280. The smallest absolute Gasteiger partial charge is 0.138 e. The first-order valence-corrected chi connectivity index (χ1v) is 10.4. The molecule has 156 valence electrons. The molecule has 0 aromatic heterocycles. The number of hydrogen-bond acceptors (Lipinski definition) is 5. The molecule has 0 bridgehead atoms. The van der Waals surface area contributed by atoms with Gasteiger partial charge in [-0.2, -0.15) is 0 Å². The maximum absolute atomic E-state index is 10.4. The van der Waals surface area contributed by atoms with Crippen LogP contribution in [0.3, 0.4) is 0 Å². The van der Waals surface area contributed by atoms with Crippen LogP contribution in [0.1, 0.15) is 0 Å². The second-order valence-electron chi connectivity index (χ2n) is 7.63. The lowest BCUT2D eigenvalue weighted by Gasteiger charge is -2.37. The number of hydrogen-bond donors (Lipinski definition) is 2. The topological polar surface area (TPSA) is 56.2 Å². The predicted molar refractivity (Wildman–Crippen MR) is 120 cm³/mol. The standard InChI is InChI=1S/C25H28N2O3/c28-22(18-26-14-16-27(17-15-26)24-8-4-5-9-25(24)29)19-30-23-12-10-21(11-13-23)20-6-2-1-3-7-20/h1-13,22,28-29H,14-19H2/t22-/m1/s1. The van der Waals surface area contributed by atoms with Gasteiger partial charge in [-0.15, -0.1) is 0 Å². The van der Waals surface area contributed by atoms with Gasteiger partial charge in [0.1, 0.15) is 24.2 Å². The largest absolute Gasteiger partial charge is 0.506 e. The molecule has 0 saturated carbocycles. The van der Waals surface area contributed by atoms with Gasteiger partial charge in [-0.1, -0.05) is 54.6 Å². The van der Waals surface area contributed by atoms with E-state index in [2.05, 4.69) is 21.9 Å². The van der Waals surface area contributed by atoms with Crippen molar-refractivity contribution in [1.29, 1.82) is 0 Å². The van der Waals surface area contributed by atoms with Gasteiger partial charge in [0.2, 0.25) is 0 Å². The van der Waals surface area contributed by atoms with Crippen molar-refractivity contribution in [2.75, 3.05) is 44.2 Å². The molecule has 1 fully saturated rings. The minimum Gasteiger partial charge on any atom is -0.506 e. The molecule has 4 rings (SSSR count). The molecule has 1 aliphatic heterocycles. The number of aliphatic hydroxyl groups is 1. The Kier molecular flexibility index (Phi) is 6.52. The normalized spacial score (nSPS) is 15.7. The number of ether oxygens (including phenoxy) is 1. The number of β-amino-alcohol motifs (C(OH)–C–C–N with tert-alkyl or cyclic N) is 1. The van der Waals surface area contributed by atoms with Gasteiger partial charge in [0.05, 0.1) is 5.69 Å². The highest BCUT2D eigenvalue weighted by Crippen LogP contribution is 2.27. The fourth-order valence-corrected chi connectivity index (χ4v) is 3.82. The molecule has 3 aromatic carbocycles. The zero-order chi connectivity index (χ0) is 20.8. The van der Waals surface area contributed by atoms with Crippen LogP contribution in [-0.4, -0.2) is 60.5 Å². The lowest BCUT2D eigenvalue weighted by molar-refractivity contribution is 0.0663. The monoisotopic (exact) mass is 404 g/mol. The summed E-state index contributed by atoms with van der Waals surface area (Å²) in [6.07, 6.45) is -0.546. The average Bonchev–Trinajstić information content (AvgIpc) is 2.80. The second-order valence-corrected chi connectivity index (χ2v) is 7.63. The number of aromatic hydroxyl groups is 1. The van der Waals surface area contributed by atoms with Crippen molar-refractivity contribution in [3.8, 4) is 22.6 Å². The molecular formula is C25H28N2O3. The summed E-state index contributed by atoms with van der Waals surface area (Å²) >= 11 is 0.